The maximum Gasteiger partial charge on any atom is 0.251 e. The number of hydrogen-bond acceptors (Lipinski definition) is 3. The number of aliphatic hydroxyl groups is 1. The Morgan fingerprint density at radius 1 is 1.35 bits per heavy atom. The summed E-state index contributed by atoms with van der Waals surface area (Å²) in [7, 11) is 0. The molecule has 0 saturated heterocycles. The highest BCUT2D eigenvalue weighted by Crippen LogP contribution is 2.10. The molecule has 94 valence electrons. The smallest absolute Gasteiger partial charge is 0.251 e. The number of carbonyl (C=O) groups excluding carboxylic acids is 1. The number of aromatic hydroxyl groups is 1. The number of hydrogen-bond donors (Lipinski definition) is 3. The van der Waals surface area contributed by atoms with Crippen LogP contribution in [0.2, 0.25) is 0 Å². The summed E-state index contributed by atoms with van der Waals surface area (Å²) in [5.41, 5.74) is 0.529. The van der Waals surface area contributed by atoms with E-state index >= 15 is 0 Å². The number of phenolic OH excluding ortho intramolecular Hbond substituents is 1. The Bertz CT molecular complexity index is 348. The van der Waals surface area contributed by atoms with Crippen LogP contribution in [0.15, 0.2) is 24.3 Å². The van der Waals surface area contributed by atoms with Crippen LogP contribution in [0, 0.1) is 5.92 Å². The second-order valence-electron chi connectivity index (χ2n) is 4.04. The van der Waals surface area contributed by atoms with Crippen LogP contribution in [0.1, 0.15) is 30.1 Å². The van der Waals surface area contributed by atoms with Crippen LogP contribution < -0.4 is 5.32 Å². The molecule has 1 unspecified atom stereocenters. The Morgan fingerprint density at radius 2 is 2.00 bits per heavy atom. The molecule has 0 radical (unpaired) electrons. The van der Waals surface area contributed by atoms with Crippen molar-refractivity contribution in [3.05, 3.63) is 29.8 Å². The van der Waals surface area contributed by atoms with Gasteiger partial charge in [0.2, 0.25) is 0 Å². The average Bonchev–Trinajstić information content (AvgIpc) is 2.35. The zero-order valence-corrected chi connectivity index (χ0v) is 10.0. The fourth-order valence-corrected chi connectivity index (χ4v) is 1.59. The average molecular weight is 237 g/mol. The third-order valence-electron chi connectivity index (χ3n) is 2.80. The van der Waals surface area contributed by atoms with Gasteiger partial charge in [-0.3, -0.25) is 4.79 Å². The second-order valence-corrected chi connectivity index (χ2v) is 4.04. The third-order valence-corrected chi connectivity index (χ3v) is 2.80. The van der Waals surface area contributed by atoms with Crippen molar-refractivity contribution in [1.82, 2.24) is 5.32 Å². The van der Waals surface area contributed by atoms with Crippen LogP contribution >= 0.6 is 0 Å². The molecule has 1 aromatic rings. The molecule has 1 aromatic carbocycles. The summed E-state index contributed by atoms with van der Waals surface area (Å²) in [4.78, 5) is 11.7. The molecular formula is C13H19NO3. The van der Waals surface area contributed by atoms with Crippen LogP contribution in [0.3, 0.4) is 0 Å². The van der Waals surface area contributed by atoms with Gasteiger partial charge in [-0.25, -0.2) is 0 Å². The van der Waals surface area contributed by atoms with Crippen molar-refractivity contribution in [2.24, 2.45) is 5.92 Å². The van der Waals surface area contributed by atoms with E-state index in [1.807, 2.05) is 6.92 Å². The largest absolute Gasteiger partial charge is 0.508 e. The van der Waals surface area contributed by atoms with Crippen molar-refractivity contribution >= 4 is 5.91 Å². The highest BCUT2D eigenvalue weighted by Gasteiger charge is 2.09. The number of amides is 1. The summed E-state index contributed by atoms with van der Waals surface area (Å²) >= 11 is 0. The summed E-state index contributed by atoms with van der Waals surface area (Å²) < 4.78 is 0. The minimum Gasteiger partial charge on any atom is -0.508 e. The first-order chi connectivity index (χ1) is 8.17. The first-order valence-electron chi connectivity index (χ1n) is 5.85. The lowest BCUT2D eigenvalue weighted by Gasteiger charge is -2.14. The Labute approximate surface area is 101 Å². The van der Waals surface area contributed by atoms with E-state index < -0.39 is 0 Å². The lowest BCUT2D eigenvalue weighted by atomic mass is 10.0. The topological polar surface area (TPSA) is 69.6 Å². The number of benzene rings is 1. The van der Waals surface area contributed by atoms with Crippen molar-refractivity contribution < 1.29 is 15.0 Å². The van der Waals surface area contributed by atoms with Gasteiger partial charge in [0.25, 0.3) is 5.91 Å². The van der Waals surface area contributed by atoms with Crippen LogP contribution in [0.4, 0.5) is 0 Å². The van der Waals surface area contributed by atoms with Crippen molar-refractivity contribution in [3.8, 4) is 5.75 Å². The first-order valence-corrected chi connectivity index (χ1v) is 5.85. The van der Waals surface area contributed by atoms with Crippen molar-refractivity contribution in [1.29, 1.82) is 0 Å². The summed E-state index contributed by atoms with van der Waals surface area (Å²) in [6.45, 7) is 2.75. The van der Waals surface area contributed by atoms with Crippen LogP contribution in [-0.2, 0) is 0 Å². The molecule has 4 heteroatoms. The molecule has 3 N–H and O–H groups in total. The highest BCUT2D eigenvalue weighted by atomic mass is 16.3. The van der Waals surface area contributed by atoms with Gasteiger partial charge in [-0.05, 0) is 36.6 Å². The minimum atomic E-state index is -0.151. The normalized spacial score (nSPS) is 12.1. The molecule has 0 aromatic heterocycles. The zero-order chi connectivity index (χ0) is 12.7. The van der Waals surface area contributed by atoms with E-state index in [-0.39, 0.29) is 18.3 Å². The van der Waals surface area contributed by atoms with Crippen LogP contribution in [-0.4, -0.2) is 29.3 Å². The van der Waals surface area contributed by atoms with Gasteiger partial charge >= 0.3 is 0 Å². The number of carbonyl (C=O) groups is 1. The summed E-state index contributed by atoms with van der Waals surface area (Å²) in [5, 5.41) is 20.8. The molecule has 17 heavy (non-hydrogen) atoms. The number of rotatable bonds is 6. The van der Waals surface area contributed by atoms with E-state index in [1.165, 1.54) is 12.1 Å². The molecular weight excluding hydrogens is 218 g/mol. The van der Waals surface area contributed by atoms with Gasteiger partial charge in [-0.2, -0.15) is 0 Å². The predicted molar refractivity (Wildman–Crippen MR) is 65.9 cm³/mol. The van der Waals surface area contributed by atoms with Crippen LogP contribution in [0.25, 0.3) is 0 Å². The molecule has 0 aliphatic heterocycles. The van der Waals surface area contributed by atoms with Crippen molar-refractivity contribution in [3.63, 3.8) is 0 Å². The molecule has 0 bridgehead atoms. The number of aliphatic hydroxyl groups excluding tert-OH is 1. The molecule has 1 rings (SSSR count). The second kappa shape index (κ2) is 6.91. The summed E-state index contributed by atoms with van der Waals surface area (Å²) in [5.74, 6) is 0.302. The fraction of sp³-hybridized carbons (Fsp3) is 0.462. The van der Waals surface area contributed by atoms with Gasteiger partial charge in [-0.15, -0.1) is 0 Å². The molecule has 0 heterocycles. The van der Waals surface area contributed by atoms with Gasteiger partial charge in [0.1, 0.15) is 5.75 Å². The van der Waals surface area contributed by atoms with Crippen molar-refractivity contribution in [2.45, 2.75) is 19.8 Å². The molecule has 0 fully saturated rings. The standard InChI is InChI=1S/C13H19NO3/c1-2-10(7-8-15)9-14-13(17)11-3-5-12(16)6-4-11/h3-6,10,15-16H,2,7-9H2,1H3,(H,14,17). The van der Waals surface area contributed by atoms with E-state index in [1.54, 1.807) is 12.1 Å². The van der Waals surface area contributed by atoms with Gasteiger partial charge in [-0.1, -0.05) is 13.3 Å². The Balaban J connectivity index is 2.46. The molecule has 0 aliphatic rings. The molecule has 0 saturated carbocycles. The zero-order valence-electron chi connectivity index (χ0n) is 10.0. The van der Waals surface area contributed by atoms with E-state index in [0.29, 0.717) is 24.4 Å². The Hall–Kier alpha value is -1.55. The van der Waals surface area contributed by atoms with E-state index in [4.69, 9.17) is 10.2 Å². The lowest BCUT2D eigenvalue weighted by Crippen LogP contribution is -2.29. The quantitative estimate of drug-likeness (QED) is 0.702. The molecule has 0 spiro atoms. The van der Waals surface area contributed by atoms with Gasteiger partial charge in [0.05, 0.1) is 0 Å². The monoisotopic (exact) mass is 237 g/mol. The Kier molecular flexibility index (Phi) is 5.49. The van der Waals surface area contributed by atoms with E-state index in [0.717, 1.165) is 6.42 Å². The van der Waals surface area contributed by atoms with E-state index in [2.05, 4.69) is 5.32 Å². The molecule has 0 aliphatic carbocycles. The summed E-state index contributed by atoms with van der Waals surface area (Å²) in [6.07, 6.45) is 1.63. The Morgan fingerprint density at radius 3 is 2.53 bits per heavy atom. The molecule has 1 atom stereocenters. The lowest BCUT2D eigenvalue weighted by molar-refractivity contribution is 0.0943. The predicted octanol–water partition coefficient (Wildman–Crippen LogP) is 1.53. The fourth-order valence-electron chi connectivity index (χ4n) is 1.59. The maximum absolute atomic E-state index is 11.7. The van der Waals surface area contributed by atoms with Gasteiger partial charge in [0.15, 0.2) is 0 Å². The number of nitrogens with one attached hydrogen (secondary N) is 1. The minimum absolute atomic E-state index is 0.146. The SMILES string of the molecule is CCC(CCO)CNC(=O)c1ccc(O)cc1. The third kappa shape index (κ3) is 4.44. The van der Waals surface area contributed by atoms with Gasteiger partial charge in [0, 0.05) is 18.7 Å². The number of phenols is 1. The highest BCUT2D eigenvalue weighted by molar-refractivity contribution is 5.94. The van der Waals surface area contributed by atoms with E-state index in [9.17, 15) is 4.79 Å². The maximum atomic E-state index is 11.7. The first kappa shape index (κ1) is 13.5. The van der Waals surface area contributed by atoms with Crippen LogP contribution in [0.5, 0.6) is 5.75 Å². The summed E-state index contributed by atoms with van der Waals surface area (Å²) in [6, 6.07) is 6.13. The van der Waals surface area contributed by atoms with Crippen molar-refractivity contribution in [2.75, 3.05) is 13.2 Å². The van der Waals surface area contributed by atoms with Gasteiger partial charge < -0.3 is 15.5 Å². The molecule has 4 nitrogen and oxygen atoms in total. The molecule has 1 amide bonds.